The third kappa shape index (κ3) is 3.74. The van der Waals surface area contributed by atoms with E-state index in [1.807, 2.05) is 17.9 Å². The molecule has 1 aliphatic rings. The summed E-state index contributed by atoms with van der Waals surface area (Å²) in [6, 6.07) is 8.58. The Morgan fingerprint density at radius 2 is 2.04 bits per heavy atom. The lowest BCUT2D eigenvalue weighted by Gasteiger charge is -2.33. The summed E-state index contributed by atoms with van der Waals surface area (Å²) >= 11 is 1.49. The maximum atomic E-state index is 13.1. The largest absolute Gasteiger partial charge is 0.333 e. The first kappa shape index (κ1) is 17.9. The van der Waals surface area contributed by atoms with Crippen molar-refractivity contribution in [3.8, 4) is 10.4 Å². The number of halogens is 2. The molecule has 0 bridgehead atoms. The van der Waals surface area contributed by atoms with Crippen LogP contribution in [0.5, 0.6) is 0 Å². The first-order valence-electron chi connectivity index (χ1n) is 7.44. The average Bonchev–Trinajstić information content (AvgIpc) is 2.90. The molecule has 124 valence electrons. The summed E-state index contributed by atoms with van der Waals surface area (Å²) in [6.07, 6.45) is 0. The molecule has 1 unspecified atom stereocenters. The minimum Gasteiger partial charge on any atom is -0.333 e. The molecule has 1 aromatic carbocycles. The van der Waals surface area contributed by atoms with Crippen LogP contribution in [-0.2, 0) is 0 Å². The van der Waals surface area contributed by atoms with Crippen molar-refractivity contribution in [1.82, 2.24) is 10.2 Å². The number of thiophene rings is 1. The highest BCUT2D eigenvalue weighted by molar-refractivity contribution is 7.17. The molecular weight excluding hydrogens is 335 g/mol. The van der Waals surface area contributed by atoms with Crippen LogP contribution in [0.1, 0.15) is 22.2 Å². The van der Waals surface area contributed by atoms with Crippen LogP contribution in [0.3, 0.4) is 0 Å². The second kappa shape index (κ2) is 7.43. The molecule has 1 aromatic heterocycles. The van der Waals surface area contributed by atoms with Gasteiger partial charge in [0, 0.05) is 30.6 Å². The van der Waals surface area contributed by atoms with Gasteiger partial charge >= 0.3 is 0 Å². The summed E-state index contributed by atoms with van der Waals surface area (Å²) in [5, 5.41) is 3.29. The van der Waals surface area contributed by atoms with Gasteiger partial charge in [0.2, 0.25) is 0 Å². The van der Waals surface area contributed by atoms with Crippen molar-refractivity contribution in [2.45, 2.75) is 19.9 Å². The molecule has 0 radical (unpaired) electrons. The lowest BCUT2D eigenvalue weighted by molar-refractivity contribution is 0.0661. The van der Waals surface area contributed by atoms with Crippen LogP contribution < -0.4 is 5.32 Å². The molecule has 1 amide bonds. The quantitative estimate of drug-likeness (QED) is 0.891. The molecule has 0 spiro atoms. The van der Waals surface area contributed by atoms with E-state index < -0.39 is 0 Å². The zero-order valence-corrected chi connectivity index (χ0v) is 14.8. The zero-order valence-electron chi connectivity index (χ0n) is 13.1. The second-order valence-electron chi connectivity index (χ2n) is 5.68. The number of nitrogens with one attached hydrogen (secondary N) is 1. The Hall–Kier alpha value is -1.43. The normalized spacial score (nSPS) is 17.7. The number of hydrogen-bond acceptors (Lipinski definition) is 3. The molecule has 3 nitrogen and oxygen atoms in total. The van der Waals surface area contributed by atoms with E-state index in [-0.39, 0.29) is 30.2 Å². The molecule has 1 fully saturated rings. The van der Waals surface area contributed by atoms with Gasteiger partial charge < -0.3 is 10.2 Å². The Morgan fingerprint density at radius 1 is 1.35 bits per heavy atom. The number of aryl methyl sites for hydroxylation is 1. The van der Waals surface area contributed by atoms with Crippen molar-refractivity contribution in [2.75, 3.05) is 19.6 Å². The van der Waals surface area contributed by atoms with Crippen LogP contribution in [0.15, 0.2) is 30.3 Å². The number of carbonyl (C=O) groups excluding carboxylic acids is 1. The molecule has 2 aromatic rings. The van der Waals surface area contributed by atoms with Gasteiger partial charge in [-0.05, 0) is 43.2 Å². The summed E-state index contributed by atoms with van der Waals surface area (Å²) in [6.45, 7) is 6.47. The van der Waals surface area contributed by atoms with Crippen LogP contribution in [-0.4, -0.2) is 36.5 Å². The molecule has 6 heteroatoms. The predicted octanol–water partition coefficient (Wildman–Crippen LogP) is 3.72. The van der Waals surface area contributed by atoms with Crippen molar-refractivity contribution in [3.63, 3.8) is 0 Å². The van der Waals surface area contributed by atoms with Gasteiger partial charge in [0.15, 0.2) is 0 Å². The van der Waals surface area contributed by atoms with E-state index in [4.69, 9.17) is 0 Å². The third-order valence-corrected chi connectivity index (χ3v) is 5.27. The minimum absolute atomic E-state index is 0. The highest BCUT2D eigenvalue weighted by Gasteiger charge is 2.25. The molecule has 0 saturated carbocycles. The van der Waals surface area contributed by atoms with E-state index >= 15 is 0 Å². The molecular formula is C17H20ClFN2OS. The molecule has 0 aliphatic carbocycles. The van der Waals surface area contributed by atoms with Crippen LogP contribution >= 0.6 is 23.7 Å². The first-order valence-corrected chi connectivity index (χ1v) is 8.26. The van der Waals surface area contributed by atoms with Crippen LogP contribution in [0.25, 0.3) is 10.4 Å². The zero-order chi connectivity index (χ0) is 15.7. The van der Waals surface area contributed by atoms with Gasteiger partial charge in [-0.25, -0.2) is 4.39 Å². The van der Waals surface area contributed by atoms with E-state index in [2.05, 4.69) is 12.2 Å². The SMILES string of the molecule is Cc1cc(C(=O)N2CCNCC2C)sc1-c1ccc(F)cc1.Cl. The lowest BCUT2D eigenvalue weighted by atomic mass is 10.1. The molecule has 3 rings (SSSR count). The van der Waals surface area contributed by atoms with Gasteiger partial charge in [0.1, 0.15) is 5.82 Å². The molecule has 1 atom stereocenters. The summed E-state index contributed by atoms with van der Waals surface area (Å²) in [5.74, 6) is -0.153. The van der Waals surface area contributed by atoms with Crippen molar-refractivity contribution in [2.24, 2.45) is 0 Å². The Morgan fingerprint density at radius 3 is 2.70 bits per heavy atom. The average molecular weight is 355 g/mol. The van der Waals surface area contributed by atoms with E-state index in [9.17, 15) is 9.18 Å². The third-order valence-electron chi connectivity index (χ3n) is 4.00. The van der Waals surface area contributed by atoms with Crippen molar-refractivity contribution in [3.05, 3.63) is 46.6 Å². The number of benzene rings is 1. The molecule has 1 aliphatic heterocycles. The Labute approximate surface area is 145 Å². The number of hydrogen-bond donors (Lipinski definition) is 1. The molecule has 2 heterocycles. The van der Waals surface area contributed by atoms with Gasteiger partial charge in [0.05, 0.1) is 4.88 Å². The number of amides is 1. The van der Waals surface area contributed by atoms with Gasteiger partial charge in [-0.2, -0.15) is 0 Å². The number of carbonyl (C=O) groups is 1. The van der Waals surface area contributed by atoms with Gasteiger partial charge in [0.25, 0.3) is 5.91 Å². The lowest BCUT2D eigenvalue weighted by Crippen LogP contribution is -2.52. The fourth-order valence-corrected chi connectivity index (χ4v) is 3.89. The van der Waals surface area contributed by atoms with Crippen molar-refractivity contribution < 1.29 is 9.18 Å². The highest BCUT2D eigenvalue weighted by atomic mass is 35.5. The first-order chi connectivity index (χ1) is 10.6. The van der Waals surface area contributed by atoms with Crippen LogP contribution in [0, 0.1) is 12.7 Å². The molecule has 1 saturated heterocycles. The maximum absolute atomic E-state index is 13.1. The van der Waals surface area contributed by atoms with E-state index in [0.717, 1.165) is 40.5 Å². The van der Waals surface area contributed by atoms with Crippen LogP contribution in [0.4, 0.5) is 4.39 Å². The topological polar surface area (TPSA) is 32.3 Å². The number of rotatable bonds is 2. The Bertz CT molecular complexity index is 686. The smallest absolute Gasteiger partial charge is 0.264 e. The summed E-state index contributed by atoms with van der Waals surface area (Å²) in [5.41, 5.74) is 2.01. The standard InChI is InChI=1S/C17H19FN2OS.ClH/c1-11-9-15(17(21)20-8-7-19-10-12(20)2)22-16(11)13-3-5-14(18)6-4-13;/h3-6,9,12,19H,7-8,10H2,1-2H3;1H. The summed E-state index contributed by atoms with van der Waals surface area (Å²) in [7, 11) is 0. The van der Waals surface area contributed by atoms with E-state index in [1.54, 1.807) is 12.1 Å². The van der Waals surface area contributed by atoms with Crippen molar-refractivity contribution >= 4 is 29.7 Å². The minimum atomic E-state index is -0.246. The highest BCUT2D eigenvalue weighted by Crippen LogP contribution is 2.33. The van der Waals surface area contributed by atoms with E-state index in [1.165, 1.54) is 23.5 Å². The van der Waals surface area contributed by atoms with Crippen molar-refractivity contribution in [1.29, 1.82) is 0 Å². The predicted molar refractivity (Wildman–Crippen MR) is 95.1 cm³/mol. The Balaban J connectivity index is 0.00000192. The summed E-state index contributed by atoms with van der Waals surface area (Å²) in [4.78, 5) is 16.4. The maximum Gasteiger partial charge on any atom is 0.264 e. The van der Waals surface area contributed by atoms with Gasteiger partial charge in [-0.3, -0.25) is 4.79 Å². The molecule has 1 N–H and O–H groups in total. The molecule has 23 heavy (non-hydrogen) atoms. The number of nitrogens with zero attached hydrogens (tertiary/aromatic N) is 1. The fourth-order valence-electron chi connectivity index (χ4n) is 2.76. The summed E-state index contributed by atoms with van der Waals surface area (Å²) < 4.78 is 13.1. The Kier molecular flexibility index (Phi) is 5.79. The fraction of sp³-hybridized carbons (Fsp3) is 0.353. The van der Waals surface area contributed by atoms with E-state index in [0.29, 0.717) is 0 Å². The van der Waals surface area contributed by atoms with Gasteiger partial charge in [-0.1, -0.05) is 12.1 Å². The van der Waals surface area contributed by atoms with Crippen LogP contribution in [0.2, 0.25) is 0 Å². The monoisotopic (exact) mass is 354 g/mol. The number of piperazine rings is 1. The van der Waals surface area contributed by atoms with Gasteiger partial charge in [-0.15, -0.1) is 23.7 Å². The second-order valence-corrected chi connectivity index (χ2v) is 6.73.